The van der Waals surface area contributed by atoms with E-state index in [2.05, 4.69) is 25.6 Å². The molecule has 1 aromatic carbocycles. The van der Waals surface area contributed by atoms with Gasteiger partial charge in [-0.3, -0.25) is 9.58 Å². The zero-order valence-corrected chi connectivity index (χ0v) is 17.2. The Labute approximate surface area is 178 Å². The van der Waals surface area contributed by atoms with Crippen LogP contribution in [0.2, 0.25) is 0 Å². The lowest BCUT2D eigenvalue weighted by atomic mass is 10.1. The molecule has 0 bridgehead atoms. The molecule has 5 rings (SSSR count). The zero-order valence-electron chi connectivity index (χ0n) is 17.2. The highest BCUT2D eigenvalue weighted by molar-refractivity contribution is 6.04. The van der Waals surface area contributed by atoms with Gasteiger partial charge in [0.05, 0.1) is 17.8 Å². The van der Waals surface area contributed by atoms with Crippen molar-refractivity contribution in [3.05, 3.63) is 42.0 Å². The Kier molecular flexibility index (Phi) is 4.95. The molecule has 1 atom stereocenters. The van der Waals surface area contributed by atoms with Crippen molar-refractivity contribution in [3.8, 4) is 0 Å². The lowest BCUT2D eigenvalue weighted by Gasteiger charge is -2.35. The summed E-state index contributed by atoms with van der Waals surface area (Å²) in [6, 6.07) is 4.46. The Morgan fingerprint density at radius 2 is 2.26 bits per heavy atom. The first-order valence-corrected chi connectivity index (χ1v) is 10.3. The zero-order chi connectivity index (χ0) is 21.5. The van der Waals surface area contributed by atoms with Crippen molar-refractivity contribution in [3.63, 3.8) is 0 Å². The molecule has 2 aliphatic heterocycles. The number of anilines is 3. The number of fused-ring (bicyclic) bond motifs is 2. The van der Waals surface area contributed by atoms with Gasteiger partial charge in [0, 0.05) is 74.4 Å². The number of urea groups is 1. The van der Waals surface area contributed by atoms with Crippen LogP contribution in [0.1, 0.15) is 5.56 Å². The summed E-state index contributed by atoms with van der Waals surface area (Å²) < 4.78 is 16.1. The van der Waals surface area contributed by atoms with Crippen LogP contribution in [0.15, 0.2) is 30.6 Å². The highest BCUT2D eigenvalue weighted by atomic mass is 19.1. The molecule has 2 aliphatic rings. The van der Waals surface area contributed by atoms with E-state index < -0.39 is 11.8 Å². The van der Waals surface area contributed by atoms with Gasteiger partial charge in [0.1, 0.15) is 11.6 Å². The predicted molar refractivity (Wildman–Crippen MR) is 116 cm³/mol. The maximum Gasteiger partial charge on any atom is 0.327 e. The molecule has 3 N–H and O–H groups in total. The number of nitrogens with zero attached hydrogens (tertiary/aromatic N) is 5. The molecule has 3 aromatic rings. The highest BCUT2D eigenvalue weighted by Gasteiger charge is 2.31. The first-order chi connectivity index (χ1) is 15.0. The number of piperazine rings is 1. The number of halogens is 1. The number of hydrogen-bond donors (Lipinski definition) is 3. The van der Waals surface area contributed by atoms with Crippen LogP contribution in [0.4, 0.5) is 26.4 Å². The number of aromatic nitrogens is 3. The van der Waals surface area contributed by atoms with Crippen molar-refractivity contribution >= 4 is 34.1 Å². The van der Waals surface area contributed by atoms with Crippen LogP contribution < -0.4 is 20.4 Å². The van der Waals surface area contributed by atoms with Gasteiger partial charge in [-0.05, 0) is 18.6 Å². The minimum Gasteiger partial charge on any atom is -0.395 e. The van der Waals surface area contributed by atoms with Crippen LogP contribution in [0.3, 0.4) is 0 Å². The molecule has 2 aromatic heterocycles. The molecule has 0 spiro atoms. The van der Waals surface area contributed by atoms with E-state index in [-0.39, 0.29) is 18.3 Å². The fraction of sp³-hybridized carbons (Fsp3) is 0.381. The molecule has 162 valence electrons. The Bertz CT molecular complexity index is 1150. The predicted octanol–water partition coefficient (Wildman–Crippen LogP) is 1.47. The Balaban J connectivity index is 1.39. The molecule has 0 aliphatic carbocycles. The van der Waals surface area contributed by atoms with E-state index in [1.165, 1.54) is 6.07 Å². The van der Waals surface area contributed by atoms with Gasteiger partial charge in [0.2, 0.25) is 0 Å². The summed E-state index contributed by atoms with van der Waals surface area (Å²) in [7, 11) is 1.77. The second-order valence-electron chi connectivity index (χ2n) is 7.94. The second-order valence-corrected chi connectivity index (χ2v) is 7.94. The first kappa shape index (κ1) is 19.7. The number of amides is 2. The fourth-order valence-electron chi connectivity index (χ4n) is 4.38. The number of rotatable bonds is 3. The molecular weight excluding hydrogens is 401 g/mol. The maximum atomic E-state index is 14.5. The molecule has 2 amide bonds. The standard InChI is InChI=1S/C21H24FN7O2/c1-27-10-13-8-18(16(22)9-17(13)26-27)25-21(31)29-6-3-15-19(2-4-24-20(15)29)28-7-5-23-14(11-28)12-30/h2,4,8-10,14,23,30H,3,5-7,11-12H2,1H3,(H,25,31)/t14-/m1/s1. The summed E-state index contributed by atoms with van der Waals surface area (Å²) in [6.07, 6.45) is 4.14. The number of hydrogen-bond acceptors (Lipinski definition) is 6. The molecule has 0 unspecified atom stereocenters. The molecule has 10 heteroatoms. The Morgan fingerprint density at radius 3 is 3.10 bits per heavy atom. The van der Waals surface area contributed by atoms with Crippen LogP contribution in [-0.4, -0.2) is 64.7 Å². The summed E-state index contributed by atoms with van der Waals surface area (Å²) in [5.74, 6) is 0.0634. The van der Waals surface area contributed by atoms with E-state index >= 15 is 0 Å². The molecule has 9 nitrogen and oxygen atoms in total. The van der Waals surface area contributed by atoms with Gasteiger partial charge in [0.15, 0.2) is 0 Å². The van der Waals surface area contributed by atoms with Crippen LogP contribution >= 0.6 is 0 Å². The molecule has 1 saturated heterocycles. The molecule has 31 heavy (non-hydrogen) atoms. The minimum atomic E-state index is -0.531. The second kappa shape index (κ2) is 7.78. The summed E-state index contributed by atoms with van der Waals surface area (Å²) in [5.41, 5.74) is 2.68. The van der Waals surface area contributed by atoms with Crippen LogP contribution in [0, 0.1) is 5.82 Å². The van der Waals surface area contributed by atoms with Crippen molar-refractivity contribution < 1.29 is 14.3 Å². The average molecular weight is 425 g/mol. The summed E-state index contributed by atoms with van der Waals surface area (Å²) in [6.45, 7) is 2.83. The van der Waals surface area contributed by atoms with Gasteiger partial charge in [-0.1, -0.05) is 0 Å². The number of carbonyl (C=O) groups excluding carboxylic acids is 1. The van der Waals surface area contributed by atoms with Crippen molar-refractivity contribution in [1.82, 2.24) is 20.1 Å². The van der Waals surface area contributed by atoms with E-state index in [4.69, 9.17) is 0 Å². The molecule has 1 fully saturated rings. The third-order valence-electron chi connectivity index (χ3n) is 5.86. The smallest absolute Gasteiger partial charge is 0.327 e. The normalized spacial score (nSPS) is 18.5. The van der Waals surface area contributed by atoms with Gasteiger partial charge in [-0.15, -0.1) is 0 Å². The summed E-state index contributed by atoms with van der Waals surface area (Å²) >= 11 is 0. The SMILES string of the molecule is Cn1cc2cc(NC(=O)N3CCc4c(N5CCN[C@@H](CO)C5)ccnc43)c(F)cc2n1. The molecular formula is C21H24FN7O2. The molecule has 4 heterocycles. The van der Waals surface area contributed by atoms with Crippen LogP contribution in [0.5, 0.6) is 0 Å². The van der Waals surface area contributed by atoms with Crippen LogP contribution in [-0.2, 0) is 13.5 Å². The number of pyridine rings is 1. The van der Waals surface area contributed by atoms with Crippen molar-refractivity contribution in [2.24, 2.45) is 7.05 Å². The van der Waals surface area contributed by atoms with E-state index in [1.807, 2.05) is 6.07 Å². The molecule has 0 saturated carbocycles. The van der Waals surface area contributed by atoms with Gasteiger partial charge in [-0.2, -0.15) is 5.10 Å². The number of carbonyl (C=O) groups is 1. The minimum absolute atomic E-state index is 0.0174. The lowest BCUT2D eigenvalue weighted by Crippen LogP contribution is -2.52. The fourth-order valence-corrected chi connectivity index (χ4v) is 4.38. The molecule has 0 radical (unpaired) electrons. The number of aryl methyl sites for hydroxylation is 1. The summed E-state index contributed by atoms with van der Waals surface area (Å²) in [5, 5.41) is 20.4. The van der Waals surface area contributed by atoms with Gasteiger partial charge in [-0.25, -0.2) is 14.2 Å². The average Bonchev–Trinajstić information content (AvgIpc) is 3.36. The lowest BCUT2D eigenvalue weighted by molar-refractivity contribution is 0.235. The number of aliphatic hydroxyl groups excluding tert-OH is 1. The topological polar surface area (TPSA) is 98.6 Å². The quantitative estimate of drug-likeness (QED) is 0.588. The van der Waals surface area contributed by atoms with E-state index in [0.717, 1.165) is 29.7 Å². The van der Waals surface area contributed by atoms with Gasteiger partial charge < -0.3 is 20.6 Å². The third kappa shape index (κ3) is 3.57. The Morgan fingerprint density at radius 1 is 1.39 bits per heavy atom. The first-order valence-electron chi connectivity index (χ1n) is 10.3. The van der Waals surface area contributed by atoms with Crippen molar-refractivity contribution in [1.29, 1.82) is 0 Å². The maximum absolute atomic E-state index is 14.5. The highest BCUT2D eigenvalue weighted by Crippen LogP contribution is 2.34. The van der Waals surface area contributed by atoms with Crippen LogP contribution in [0.25, 0.3) is 10.9 Å². The number of aliphatic hydroxyl groups is 1. The van der Waals surface area contributed by atoms with Gasteiger partial charge >= 0.3 is 6.03 Å². The van der Waals surface area contributed by atoms with E-state index in [1.54, 1.807) is 35.1 Å². The summed E-state index contributed by atoms with van der Waals surface area (Å²) in [4.78, 5) is 21.2. The number of nitrogens with one attached hydrogen (secondary N) is 2. The van der Waals surface area contributed by atoms with Crippen molar-refractivity contribution in [2.75, 3.05) is 47.9 Å². The van der Waals surface area contributed by atoms with Gasteiger partial charge in [0.25, 0.3) is 0 Å². The largest absolute Gasteiger partial charge is 0.395 e. The Hall–Kier alpha value is -3.24. The van der Waals surface area contributed by atoms with E-state index in [9.17, 15) is 14.3 Å². The number of benzene rings is 1. The third-order valence-corrected chi connectivity index (χ3v) is 5.86. The monoisotopic (exact) mass is 425 g/mol. The van der Waals surface area contributed by atoms with Crippen molar-refractivity contribution in [2.45, 2.75) is 12.5 Å². The van der Waals surface area contributed by atoms with E-state index in [0.29, 0.717) is 30.8 Å².